The second-order valence-corrected chi connectivity index (χ2v) is 4.93. The van der Waals surface area contributed by atoms with E-state index in [2.05, 4.69) is 21.1 Å². The zero-order valence-corrected chi connectivity index (χ0v) is 9.74. The first-order valence-corrected chi connectivity index (χ1v) is 6.12. The first-order chi connectivity index (χ1) is 8.88. The van der Waals surface area contributed by atoms with Gasteiger partial charge in [-0.15, -0.1) is 0 Å². The number of hydrogen-bond donors (Lipinski definition) is 0. The van der Waals surface area contributed by atoms with Crippen molar-refractivity contribution in [3.05, 3.63) is 35.5 Å². The van der Waals surface area contributed by atoms with E-state index >= 15 is 0 Å². The molecule has 5 heteroatoms. The van der Waals surface area contributed by atoms with Crippen LogP contribution in [-0.2, 0) is 12.8 Å². The Balaban J connectivity index is 1.89. The van der Waals surface area contributed by atoms with Crippen LogP contribution >= 0.6 is 0 Å². The normalized spacial score (nSPS) is 23.3. The standard InChI is InChI=1S/C13H11N5/c14-2-1-11-10-6-8-5-9(8)13(10)18(17-11)12-7-15-3-4-16-12/h3-4,7-9H,1,5-6H2. The lowest BCUT2D eigenvalue weighted by Crippen LogP contribution is -2.04. The highest BCUT2D eigenvalue weighted by Gasteiger charge is 2.49. The summed E-state index contributed by atoms with van der Waals surface area (Å²) in [5, 5.41) is 13.4. The molecule has 2 aliphatic rings. The van der Waals surface area contributed by atoms with Crippen molar-refractivity contribution in [2.24, 2.45) is 5.92 Å². The van der Waals surface area contributed by atoms with Crippen molar-refractivity contribution in [2.45, 2.75) is 25.2 Å². The molecule has 0 bridgehead atoms. The van der Waals surface area contributed by atoms with Crippen molar-refractivity contribution in [2.75, 3.05) is 0 Å². The minimum atomic E-state index is 0.384. The highest BCUT2D eigenvalue weighted by molar-refractivity contribution is 5.44. The van der Waals surface area contributed by atoms with E-state index in [-0.39, 0.29) is 0 Å². The molecule has 2 aromatic heterocycles. The van der Waals surface area contributed by atoms with Crippen LogP contribution in [0.2, 0.25) is 0 Å². The molecule has 0 aliphatic heterocycles. The molecule has 0 saturated heterocycles. The predicted molar refractivity (Wildman–Crippen MR) is 63.0 cm³/mol. The molecule has 2 atom stereocenters. The first kappa shape index (κ1) is 9.77. The Morgan fingerprint density at radius 2 is 2.39 bits per heavy atom. The summed E-state index contributed by atoms with van der Waals surface area (Å²) in [4.78, 5) is 8.40. The van der Waals surface area contributed by atoms with Crippen LogP contribution in [0.5, 0.6) is 0 Å². The SMILES string of the molecule is N#CCc1nn(-c2cnccn2)c2c1CC1CC21. The van der Waals surface area contributed by atoms with Crippen molar-refractivity contribution in [1.29, 1.82) is 5.26 Å². The molecule has 0 spiro atoms. The summed E-state index contributed by atoms with van der Waals surface area (Å²) in [7, 11) is 0. The molecule has 0 aromatic carbocycles. The van der Waals surface area contributed by atoms with E-state index in [0.717, 1.165) is 23.9 Å². The molecule has 2 unspecified atom stereocenters. The lowest BCUT2D eigenvalue weighted by Gasteiger charge is -2.03. The topological polar surface area (TPSA) is 67.4 Å². The van der Waals surface area contributed by atoms with E-state index in [4.69, 9.17) is 5.26 Å². The van der Waals surface area contributed by atoms with Crippen molar-refractivity contribution in [3.63, 3.8) is 0 Å². The van der Waals surface area contributed by atoms with Gasteiger partial charge < -0.3 is 0 Å². The van der Waals surface area contributed by atoms with Crippen molar-refractivity contribution >= 4 is 0 Å². The zero-order valence-electron chi connectivity index (χ0n) is 9.74. The summed E-state index contributed by atoms with van der Waals surface area (Å²) in [6.07, 6.45) is 7.77. The maximum atomic E-state index is 8.88. The minimum Gasteiger partial charge on any atom is -0.259 e. The van der Waals surface area contributed by atoms with E-state index < -0.39 is 0 Å². The number of aromatic nitrogens is 4. The van der Waals surface area contributed by atoms with Crippen molar-refractivity contribution in [3.8, 4) is 11.9 Å². The highest BCUT2D eigenvalue weighted by atomic mass is 15.3. The molecule has 1 fully saturated rings. The van der Waals surface area contributed by atoms with Gasteiger partial charge in [0.15, 0.2) is 5.82 Å². The Bertz CT molecular complexity index is 652. The van der Waals surface area contributed by atoms with Crippen LogP contribution in [0.15, 0.2) is 18.6 Å². The molecule has 2 aromatic rings. The molecule has 0 N–H and O–H groups in total. The molecule has 5 nitrogen and oxygen atoms in total. The zero-order chi connectivity index (χ0) is 12.1. The monoisotopic (exact) mass is 237 g/mol. The van der Waals surface area contributed by atoms with Crippen molar-refractivity contribution < 1.29 is 0 Å². The van der Waals surface area contributed by atoms with E-state index in [0.29, 0.717) is 12.3 Å². The average molecular weight is 237 g/mol. The van der Waals surface area contributed by atoms with Gasteiger partial charge in [-0.05, 0) is 24.3 Å². The maximum absolute atomic E-state index is 8.88. The largest absolute Gasteiger partial charge is 0.259 e. The van der Waals surface area contributed by atoms with Crippen LogP contribution < -0.4 is 0 Å². The average Bonchev–Trinajstić information content (AvgIpc) is 2.93. The lowest BCUT2D eigenvalue weighted by atomic mass is 10.1. The summed E-state index contributed by atoms with van der Waals surface area (Å²) in [5.41, 5.74) is 3.47. The minimum absolute atomic E-state index is 0.384. The van der Waals surface area contributed by atoms with Crippen LogP contribution in [0.3, 0.4) is 0 Å². The fourth-order valence-electron chi connectivity index (χ4n) is 2.98. The summed E-state index contributed by atoms with van der Waals surface area (Å²) in [5.74, 6) is 2.16. The molecule has 88 valence electrons. The van der Waals surface area contributed by atoms with E-state index in [1.165, 1.54) is 17.7 Å². The molecule has 2 heterocycles. The Morgan fingerprint density at radius 3 is 3.17 bits per heavy atom. The summed E-state index contributed by atoms with van der Waals surface area (Å²) < 4.78 is 1.90. The smallest absolute Gasteiger partial charge is 0.172 e. The van der Waals surface area contributed by atoms with Gasteiger partial charge in [0, 0.05) is 18.3 Å². The van der Waals surface area contributed by atoms with Gasteiger partial charge in [0.05, 0.1) is 30.1 Å². The van der Waals surface area contributed by atoms with Crippen LogP contribution in [-0.4, -0.2) is 19.7 Å². The Hall–Kier alpha value is -2.22. The van der Waals surface area contributed by atoms with Gasteiger partial charge >= 0.3 is 0 Å². The van der Waals surface area contributed by atoms with Crippen molar-refractivity contribution in [1.82, 2.24) is 19.7 Å². The van der Waals surface area contributed by atoms with Gasteiger partial charge in [0.1, 0.15) is 0 Å². The van der Waals surface area contributed by atoms with Gasteiger partial charge in [-0.2, -0.15) is 10.4 Å². The fourth-order valence-corrected chi connectivity index (χ4v) is 2.98. The third-order valence-corrected chi connectivity index (χ3v) is 3.86. The van der Waals surface area contributed by atoms with Gasteiger partial charge in [-0.1, -0.05) is 0 Å². The fraction of sp³-hybridized carbons (Fsp3) is 0.385. The number of hydrogen-bond acceptors (Lipinski definition) is 4. The summed E-state index contributed by atoms with van der Waals surface area (Å²) >= 11 is 0. The van der Waals surface area contributed by atoms with Crippen LogP contribution in [0.1, 0.15) is 29.3 Å². The molecule has 1 saturated carbocycles. The molecule has 4 rings (SSSR count). The summed E-state index contributed by atoms with van der Waals surface area (Å²) in [6.45, 7) is 0. The number of fused-ring (bicyclic) bond motifs is 3. The Morgan fingerprint density at radius 1 is 1.44 bits per heavy atom. The molecular weight excluding hydrogens is 226 g/mol. The molecular formula is C13H11N5. The Kier molecular flexibility index (Phi) is 1.84. The maximum Gasteiger partial charge on any atom is 0.172 e. The third-order valence-electron chi connectivity index (χ3n) is 3.86. The van der Waals surface area contributed by atoms with Crippen LogP contribution in [0.4, 0.5) is 0 Å². The quantitative estimate of drug-likeness (QED) is 0.791. The molecule has 0 amide bonds. The number of nitriles is 1. The van der Waals surface area contributed by atoms with Gasteiger partial charge in [0.2, 0.25) is 0 Å². The highest BCUT2D eigenvalue weighted by Crippen LogP contribution is 2.57. The number of rotatable bonds is 2. The number of nitrogens with zero attached hydrogens (tertiary/aromatic N) is 5. The van der Waals surface area contributed by atoms with Gasteiger partial charge in [0.25, 0.3) is 0 Å². The van der Waals surface area contributed by atoms with Gasteiger partial charge in [-0.25, -0.2) is 9.67 Å². The lowest BCUT2D eigenvalue weighted by molar-refractivity contribution is 0.751. The van der Waals surface area contributed by atoms with E-state index in [9.17, 15) is 0 Å². The van der Waals surface area contributed by atoms with Crippen LogP contribution in [0.25, 0.3) is 5.82 Å². The Labute approximate surface area is 104 Å². The van der Waals surface area contributed by atoms with Gasteiger partial charge in [-0.3, -0.25) is 4.98 Å². The second-order valence-electron chi connectivity index (χ2n) is 4.93. The van der Waals surface area contributed by atoms with E-state index in [1.807, 2.05) is 4.68 Å². The predicted octanol–water partition coefficient (Wildman–Crippen LogP) is 1.39. The summed E-state index contributed by atoms with van der Waals surface area (Å²) in [6, 6.07) is 2.20. The molecule has 18 heavy (non-hydrogen) atoms. The second kappa shape index (κ2) is 3.39. The van der Waals surface area contributed by atoms with E-state index in [1.54, 1.807) is 18.6 Å². The third kappa shape index (κ3) is 1.23. The first-order valence-electron chi connectivity index (χ1n) is 6.12. The van der Waals surface area contributed by atoms with Crippen LogP contribution in [0, 0.1) is 17.2 Å². The molecule has 2 aliphatic carbocycles. The molecule has 0 radical (unpaired) electrons.